The van der Waals surface area contributed by atoms with Crippen molar-refractivity contribution in [1.82, 2.24) is 0 Å². The van der Waals surface area contributed by atoms with E-state index in [1.54, 1.807) is 12.1 Å². The number of hydrogen-bond donors (Lipinski definition) is 4. The fraction of sp³-hybridized carbons (Fsp3) is 0.323. The molecule has 0 radical (unpaired) electrons. The molecule has 2 aliphatic heterocycles. The Morgan fingerprint density at radius 3 is 2.09 bits per heavy atom. The molecule has 2 fully saturated rings. The minimum absolute atomic E-state index is 0.147. The zero-order valence-electron chi connectivity index (χ0n) is 22.6. The molecule has 0 spiro atoms. The Bertz CT molecular complexity index is 1450. The summed E-state index contributed by atoms with van der Waals surface area (Å²) >= 11 is 0. The van der Waals surface area contributed by atoms with Gasteiger partial charge >= 0.3 is 5.97 Å². The number of carboxylic acids is 1. The molecule has 43 heavy (non-hydrogen) atoms. The molecule has 8 atom stereocenters. The number of aliphatic hydroxyl groups is 3. The molecular formula is C31H29F2NO9. The van der Waals surface area contributed by atoms with Crippen LogP contribution in [0.2, 0.25) is 0 Å². The van der Waals surface area contributed by atoms with Crippen molar-refractivity contribution in [3.63, 3.8) is 0 Å². The van der Waals surface area contributed by atoms with E-state index < -0.39 is 66.2 Å². The average Bonchev–Trinajstić information content (AvgIpc) is 3.00. The lowest BCUT2D eigenvalue weighted by atomic mass is 9.77. The fourth-order valence-electron chi connectivity index (χ4n) is 5.51. The lowest BCUT2D eigenvalue weighted by molar-refractivity contribution is -0.271. The summed E-state index contributed by atoms with van der Waals surface area (Å²) in [5.74, 6) is -3.58. The van der Waals surface area contributed by atoms with E-state index in [1.165, 1.54) is 65.6 Å². The Balaban J connectivity index is 1.35. The van der Waals surface area contributed by atoms with Crippen LogP contribution < -0.4 is 9.64 Å². The third kappa shape index (κ3) is 6.13. The van der Waals surface area contributed by atoms with Gasteiger partial charge in [-0.15, -0.1) is 0 Å². The number of halogens is 2. The third-order valence-electron chi connectivity index (χ3n) is 7.86. The number of ether oxygens (including phenoxy) is 2. The number of carbonyl (C=O) groups excluding carboxylic acids is 2. The summed E-state index contributed by atoms with van der Waals surface area (Å²) in [6.45, 7) is 0. The Labute approximate surface area is 244 Å². The van der Waals surface area contributed by atoms with Crippen molar-refractivity contribution in [3.05, 3.63) is 95.6 Å². The number of amides is 1. The van der Waals surface area contributed by atoms with Crippen LogP contribution in [0.1, 0.15) is 35.9 Å². The molecule has 0 unspecified atom stereocenters. The first kappa shape index (κ1) is 30.2. The highest BCUT2D eigenvalue weighted by atomic mass is 19.1. The van der Waals surface area contributed by atoms with Gasteiger partial charge in [0.2, 0.25) is 12.2 Å². The van der Waals surface area contributed by atoms with Gasteiger partial charge in [-0.3, -0.25) is 4.79 Å². The third-order valence-corrected chi connectivity index (χ3v) is 7.86. The van der Waals surface area contributed by atoms with Gasteiger partial charge in [0, 0.05) is 11.6 Å². The van der Waals surface area contributed by atoms with Crippen molar-refractivity contribution < 1.29 is 53.1 Å². The van der Waals surface area contributed by atoms with E-state index in [9.17, 15) is 43.6 Å². The Hall–Kier alpha value is -4.23. The summed E-state index contributed by atoms with van der Waals surface area (Å²) in [6.07, 6.45) is -7.40. The van der Waals surface area contributed by atoms with Gasteiger partial charge in [-0.2, -0.15) is 0 Å². The fourth-order valence-corrected chi connectivity index (χ4v) is 5.51. The number of carbonyl (C=O) groups is 3. The van der Waals surface area contributed by atoms with Crippen LogP contribution in [0.3, 0.4) is 0 Å². The van der Waals surface area contributed by atoms with E-state index in [4.69, 9.17) is 9.47 Å². The number of rotatable bonds is 10. The maximum atomic E-state index is 13.6. The van der Waals surface area contributed by atoms with Gasteiger partial charge in [0.25, 0.3) is 0 Å². The van der Waals surface area contributed by atoms with Crippen molar-refractivity contribution in [2.24, 2.45) is 5.92 Å². The average molecular weight is 598 g/mol. The molecule has 2 heterocycles. The number of aldehydes is 1. The molecule has 1 amide bonds. The first-order chi connectivity index (χ1) is 20.6. The molecule has 2 saturated heterocycles. The molecule has 3 aromatic carbocycles. The zero-order chi connectivity index (χ0) is 30.8. The lowest BCUT2D eigenvalue weighted by Gasteiger charge is -2.48. The Morgan fingerprint density at radius 1 is 0.907 bits per heavy atom. The summed E-state index contributed by atoms with van der Waals surface area (Å²) in [5.41, 5.74) is 1.78. The van der Waals surface area contributed by atoms with Crippen LogP contribution in [0.5, 0.6) is 5.75 Å². The number of carboxylic acid groups (broad SMARTS) is 1. The smallest absolute Gasteiger partial charge is 0.335 e. The van der Waals surface area contributed by atoms with E-state index >= 15 is 0 Å². The summed E-state index contributed by atoms with van der Waals surface area (Å²) in [6, 6.07) is 16.9. The standard InChI is InChI=1S/C31H29F2NO9/c32-19-6-1-16(2-7-19)18(15-35)5-14-23-24(34(29(23)39)21-10-8-20(33)9-11-21)17-3-12-22(13-4-17)42-31-27(38)25(36)26(37)28(43-31)30(40)41/h1-4,6-13,15,18,23-28,31,36-38H,5,14H2,(H,40,41)/t18-,23-,24-,25+,26+,27-,28+,31-/m1/s1. The molecule has 0 aromatic heterocycles. The number of aliphatic carboxylic acids is 1. The van der Waals surface area contributed by atoms with Crippen LogP contribution in [0, 0.1) is 17.6 Å². The van der Waals surface area contributed by atoms with Crippen molar-refractivity contribution >= 4 is 23.9 Å². The Kier molecular flexibility index (Phi) is 8.83. The molecule has 4 N–H and O–H groups in total. The van der Waals surface area contributed by atoms with Gasteiger partial charge in [0.05, 0.1) is 12.0 Å². The second-order valence-corrected chi connectivity index (χ2v) is 10.5. The molecular weight excluding hydrogens is 568 g/mol. The van der Waals surface area contributed by atoms with Crippen molar-refractivity contribution in [2.75, 3.05) is 4.90 Å². The van der Waals surface area contributed by atoms with Gasteiger partial charge in [0.1, 0.15) is 42.0 Å². The van der Waals surface area contributed by atoms with E-state index in [1.807, 2.05) is 0 Å². The first-order valence-electron chi connectivity index (χ1n) is 13.6. The summed E-state index contributed by atoms with van der Waals surface area (Å²) in [7, 11) is 0. The molecule has 3 aromatic rings. The van der Waals surface area contributed by atoms with Crippen LogP contribution >= 0.6 is 0 Å². The van der Waals surface area contributed by atoms with E-state index in [-0.39, 0.29) is 11.7 Å². The lowest BCUT2D eigenvalue weighted by Crippen LogP contribution is -2.61. The van der Waals surface area contributed by atoms with Gasteiger partial charge in [-0.05, 0) is 72.5 Å². The quantitative estimate of drug-likeness (QED) is 0.204. The maximum absolute atomic E-state index is 13.6. The Morgan fingerprint density at radius 2 is 1.51 bits per heavy atom. The van der Waals surface area contributed by atoms with Crippen LogP contribution in [0.4, 0.5) is 14.5 Å². The number of β-lactam (4-membered cyclic amide) rings is 1. The molecule has 0 bridgehead atoms. The number of anilines is 1. The summed E-state index contributed by atoms with van der Waals surface area (Å²) in [4.78, 5) is 38.1. The highest BCUT2D eigenvalue weighted by Crippen LogP contribution is 2.46. The van der Waals surface area contributed by atoms with Gasteiger partial charge in [-0.25, -0.2) is 13.6 Å². The molecule has 0 aliphatic carbocycles. The predicted octanol–water partition coefficient (Wildman–Crippen LogP) is 2.70. The monoisotopic (exact) mass is 597 g/mol. The van der Waals surface area contributed by atoms with Crippen LogP contribution in [0.25, 0.3) is 0 Å². The number of hydrogen-bond acceptors (Lipinski definition) is 8. The van der Waals surface area contributed by atoms with Crippen LogP contribution in [-0.2, 0) is 19.1 Å². The molecule has 5 rings (SSSR count). The topological polar surface area (TPSA) is 154 Å². The van der Waals surface area contributed by atoms with Gasteiger partial charge in [0.15, 0.2) is 6.10 Å². The van der Waals surface area contributed by atoms with Crippen molar-refractivity contribution in [1.29, 1.82) is 0 Å². The van der Waals surface area contributed by atoms with Crippen LogP contribution in [0.15, 0.2) is 72.8 Å². The largest absolute Gasteiger partial charge is 0.479 e. The second kappa shape index (κ2) is 12.6. The van der Waals surface area contributed by atoms with Gasteiger partial charge < -0.3 is 39.6 Å². The second-order valence-electron chi connectivity index (χ2n) is 10.5. The molecule has 0 saturated carbocycles. The van der Waals surface area contributed by atoms with Gasteiger partial charge in [-0.1, -0.05) is 24.3 Å². The maximum Gasteiger partial charge on any atom is 0.335 e. The van der Waals surface area contributed by atoms with Crippen molar-refractivity contribution in [2.45, 2.75) is 55.5 Å². The zero-order valence-corrected chi connectivity index (χ0v) is 22.6. The summed E-state index contributed by atoms with van der Waals surface area (Å²) < 4.78 is 37.7. The minimum atomic E-state index is -1.86. The molecule has 226 valence electrons. The van der Waals surface area contributed by atoms with Crippen LogP contribution in [-0.4, -0.2) is 69.3 Å². The number of aliphatic hydroxyl groups excluding tert-OH is 3. The normalized spacial score (nSPS) is 27.7. The minimum Gasteiger partial charge on any atom is -0.479 e. The molecule has 2 aliphatic rings. The highest BCUT2D eigenvalue weighted by Gasteiger charge is 2.49. The predicted molar refractivity (Wildman–Crippen MR) is 146 cm³/mol. The molecule has 12 heteroatoms. The highest BCUT2D eigenvalue weighted by molar-refractivity contribution is 6.03. The number of nitrogens with zero attached hydrogens (tertiary/aromatic N) is 1. The first-order valence-corrected chi connectivity index (χ1v) is 13.6. The van der Waals surface area contributed by atoms with E-state index in [0.29, 0.717) is 29.7 Å². The van der Waals surface area contributed by atoms with Crippen molar-refractivity contribution in [3.8, 4) is 5.75 Å². The SMILES string of the molecule is O=C[C@@H](CC[C@H]1C(=O)N(c2ccc(F)cc2)[C@@H]1c1ccc(O[C@@H]2O[C@H](C(=O)O)[C@@H](O)[C@H](O)[C@H]2O)cc1)c1ccc(F)cc1. The summed E-state index contributed by atoms with van der Waals surface area (Å²) in [5, 5.41) is 39.4. The number of benzene rings is 3. The molecule has 10 nitrogen and oxygen atoms in total. The van der Waals surface area contributed by atoms with E-state index in [2.05, 4.69) is 0 Å². The van der Waals surface area contributed by atoms with E-state index in [0.717, 1.165) is 6.29 Å².